The minimum absolute atomic E-state index is 0. The van der Waals surface area contributed by atoms with E-state index >= 15 is 0 Å². The molecule has 0 aliphatic carbocycles. The van der Waals surface area contributed by atoms with E-state index in [4.69, 9.17) is 21.1 Å². The number of nitrogens with zero attached hydrogens (tertiary/aromatic N) is 1. The number of carbonyl (C=O) groups is 1. The van der Waals surface area contributed by atoms with Crippen LogP contribution in [0.1, 0.15) is 17.2 Å². The van der Waals surface area contributed by atoms with Crippen molar-refractivity contribution in [2.75, 3.05) is 40.0 Å². The molecule has 1 aliphatic rings. The summed E-state index contributed by atoms with van der Waals surface area (Å²) in [6.45, 7) is 3.55. The van der Waals surface area contributed by atoms with Crippen LogP contribution >= 0.6 is 24.0 Å². The van der Waals surface area contributed by atoms with Gasteiger partial charge in [-0.25, -0.2) is 0 Å². The first-order valence-corrected chi connectivity index (χ1v) is 9.51. The maximum atomic E-state index is 12.5. The molecule has 0 radical (unpaired) electrons. The Kier molecular flexibility index (Phi) is 9.06. The zero-order chi connectivity index (χ0) is 19.1. The average Bonchev–Trinajstić information content (AvgIpc) is 2.71. The highest BCUT2D eigenvalue weighted by Gasteiger charge is 2.24. The Morgan fingerprint density at radius 1 is 1.18 bits per heavy atom. The van der Waals surface area contributed by atoms with Crippen molar-refractivity contribution in [3.8, 4) is 5.75 Å². The second kappa shape index (κ2) is 11.3. The third-order valence-corrected chi connectivity index (χ3v) is 5.11. The van der Waals surface area contributed by atoms with E-state index in [-0.39, 0.29) is 24.4 Å². The molecule has 28 heavy (non-hydrogen) atoms. The third kappa shape index (κ3) is 6.11. The molecule has 0 saturated carbocycles. The molecule has 1 saturated heterocycles. The monoisotopic (exact) mass is 424 g/mol. The molecule has 2 aromatic carbocycles. The van der Waals surface area contributed by atoms with Gasteiger partial charge in [0, 0.05) is 24.7 Å². The maximum absolute atomic E-state index is 12.5. The fraction of sp³-hybridized carbons (Fsp3) is 0.381. The molecule has 0 aromatic heterocycles. The fourth-order valence-corrected chi connectivity index (χ4v) is 3.53. The summed E-state index contributed by atoms with van der Waals surface area (Å²) in [6, 6.07) is 15.4. The molecular weight excluding hydrogens is 399 g/mol. The molecule has 7 heteroatoms. The molecule has 1 heterocycles. The summed E-state index contributed by atoms with van der Waals surface area (Å²) in [5.74, 6) is 0.774. The van der Waals surface area contributed by atoms with Crippen molar-refractivity contribution in [1.82, 2.24) is 10.2 Å². The smallest absolute Gasteiger partial charge is 0.224 e. The van der Waals surface area contributed by atoms with Crippen molar-refractivity contribution < 1.29 is 14.3 Å². The number of nitrogens with one attached hydrogen (secondary N) is 1. The van der Waals surface area contributed by atoms with E-state index in [1.807, 2.05) is 48.5 Å². The predicted molar refractivity (Wildman–Crippen MR) is 114 cm³/mol. The van der Waals surface area contributed by atoms with Crippen molar-refractivity contribution in [3.63, 3.8) is 0 Å². The molecule has 2 aromatic rings. The van der Waals surface area contributed by atoms with Gasteiger partial charge in [-0.3, -0.25) is 9.69 Å². The molecule has 1 aliphatic heterocycles. The van der Waals surface area contributed by atoms with Crippen LogP contribution in [0.15, 0.2) is 48.5 Å². The third-order valence-electron chi connectivity index (χ3n) is 4.77. The highest BCUT2D eigenvalue weighted by molar-refractivity contribution is 6.31. The van der Waals surface area contributed by atoms with Gasteiger partial charge >= 0.3 is 0 Å². The number of amides is 1. The van der Waals surface area contributed by atoms with Gasteiger partial charge in [0.1, 0.15) is 5.75 Å². The van der Waals surface area contributed by atoms with Gasteiger partial charge in [0.15, 0.2) is 0 Å². The SMILES string of the molecule is COc1ccc(CC(=O)NCC(c2ccccc2Cl)N2CCOCC2)cc1.Cl. The minimum atomic E-state index is -0.00881. The van der Waals surface area contributed by atoms with Gasteiger partial charge < -0.3 is 14.8 Å². The van der Waals surface area contributed by atoms with Crippen LogP contribution < -0.4 is 10.1 Å². The molecule has 0 bridgehead atoms. The quantitative estimate of drug-likeness (QED) is 0.738. The van der Waals surface area contributed by atoms with Crippen molar-refractivity contribution in [2.24, 2.45) is 0 Å². The average molecular weight is 425 g/mol. The lowest BCUT2D eigenvalue weighted by atomic mass is 10.0. The first-order chi connectivity index (χ1) is 13.2. The van der Waals surface area contributed by atoms with Gasteiger partial charge in [0.2, 0.25) is 5.91 Å². The largest absolute Gasteiger partial charge is 0.497 e. The molecule has 1 fully saturated rings. The van der Waals surface area contributed by atoms with E-state index in [2.05, 4.69) is 10.2 Å². The van der Waals surface area contributed by atoms with Gasteiger partial charge in [-0.15, -0.1) is 12.4 Å². The summed E-state index contributed by atoms with van der Waals surface area (Å²) in [7, 11) is 1.63. The van der Waals surface area contributed by atoms with Crippen LogP contribution in [0.5, 0.6) is 5.75 Å². The molecular formula is C21H26Cl2N2O3. The number of hydrogen-bond acceptors (Lipinski definition) is 4. The lowest BCUT2D eigenvalue weighted by Crippen LogP contribution is -2.44. The summed E-state index contributed by atoms with van der Waals surface area (Å²) >= 11 is 6.43. The Balaban J connectivity index is 0.00000280. The first kappa shape index (κ1) is 22.5. The highest BCUT2D eigenvalue weighted by Crippen LogP contribution is 2.27. The van der Waals surface area contributed by atoms with E-state index < -0.39 is 0 Å². The number of carbonyl (C=O) groups excluding carboxylic acids is 1. The first-order valence-electron chi connectivity index (χ1n) is 9.13. The van der Waals surface area contributed by atoms with Crippen molar-refractivity contribution in [3.05, 3.63) is 64.7 Å². The van der Waals surface area contributed by atoms with E-state index in [1.54, 1.807) is 7.11 Å². The van der Waals surface area contributed by atoms with Gasteiger partial charge in [-0.2, -0.15) is 0 Å². The number of hydrogen-bond donors (Lipinski definition) is 1. The van der Waals surface area contributed by atoms with Crippen molar-refractivity contribution in [2.45, 2.75) is 12.5 Å². The molecule has 152 valence electrons. The van der Waals surface area contributed by atoms with E-state index in [9.17, 15) is 4.79 Å². The molecule has 1 amide bonds. The number of morpholine rings is 1. The van der Waals surface area contributed by atoms with Crippen LogP contribution in [0, 0.1) is 0 Å². The van der Waals surface area contributed by atoms with Gasteiger partial charge in [0.05, 0.1) is 32.8 Å². The van der Waals surface area contributed by atoms with Gasteiger partial charge in [0.25, 0.3) is 0 Å². The molecule has 5 nitrogen and oxygen atoms in total. The number of benzene rings is 2. The topological polar surface area (TPSA) is 50.8 Å². The lowest BCUT2D eigenvalue weighted by molar-refractivity contribution is -0.120. The van der Waals surface area contributed by atoms with E-state index in [0.29, 0.717) is 26.2 Å². The number of halogens is 2. The normalized spacial score (nSPS) is 15.4. The highest BCUT2D eigenvalue weighted by atomic mass is 35.5. The summed E-state index contributed by atoms with van der Waals surface area (Å²) in [4.78, 5) is 14.8. The molecule has 3 rings (SSSR count). The Bertz CT molecular complexity index is 750. The zero-order valence-electron chi connectivity index (χ0n) is 15.9. The van der Waals surface area contributed by atoms with Crippen LogP contribution in [0.25, 0.3) is 0 Å². The summed E-state index contributed by atoms with van der Waals surface area (Å²) < 4.78 is 10.6. The Hall–Kier alpha value is -1.79. The molecule has 1 unspecified atom stereocenters. The van der Waals surface area contributed by atoms with Crippen LogP contribution in [0.4, 0.5) is 0 Å². The lowest BCUT2D eigenvalue weighted by Gasteiger charge is -2.35. The molecule has 1 atom stereocenters. The fourth-order valence-electron chi connectivity index (χ4n) is 3.27. The van der Waals surface area contributed by atoms with Crippen molar-refractivity contribution >= 4 is 29.9 Å². The summed E-state index contributed by atoms with van der Waals surface area (Å²) in [5, 5.41) is 3.79. The second-order valence-corrected chi connectivity index (χ2v) is 6.92. The number of methoxy groups -OCH3 is 1. The standard InChI is InChI=1S/C21H25ClN2O3.ClH/c1-26-17-8-6-16(7-9-17)14-21(25)23-15-20(24-10-12-27-13-11-24)18-4-2-3-5-19(18)22;/h2-9,20H,10-15H2,1H3,(H,23,25);1H. The summed E-state index contributed by atoms with van der Waals surface area (Å²) in [6.07, 6.45) is 0.336. The minimum Gasteiger partial charge on any atom is -0.497 e. The van der Waals surface area contributed by atoms with E-state index in [0.717, 1.165) is 35.0 Å². The Labute approximate surface area is 177 Å². The van der Waals surface area contributed by atoms with E-state index in [1.165, 1.54) is 0 Å². The number of ether oxygens (including phenoxy) is 2. The Morgan fingerprint density at radius 2 is 1.86 bits per heavy atom. The second-order valence-electron chi connectivity index (χ2n) is 6.51. The Morgan fingerprint density at radius 3 is 2.50 bits per heavy atom. The zero-order valence-corrected chi connectivity index (χ0v) is 17.5. The van der Waals surface area contributed by atoms with Crippen molar-refractivity contribution in [1.29, 1.82) is 0 Å². The maximum Gasteiger partial charge on any atom is 0.224 e. The van der Waals surface area contributed by atoms with Crippen LogP contribution in [-0.4, -0.2) is 50.8 Å². The molecule has 1 N–H and O–H groups in total. The van der Waals surface area contributed by atoms with Gasteiger partial charge in [-0.1, -0.05) is 41.9 Å². The van der Waals surface area contributed by atoms with Crippen LogP contribution in [0.3, 0.4) is 0 Å². The number of rotatable bonds is 7. The van der Waals surface area contributed by atoms with Crippen LogP contribution in [0.2, 0.25) is 5.02 Å². The van der Waals surface area contributed by atoms with Crippen LogP contribution in [-0.2, 0) is 16.0 Å². The predicted octanol–water partition coefficient (Wildman–Crippen LogP) is 3.50. The molecule has 0 spiro atoms. The van der Waals surface area contributed by atoms with Gasteiger partial charge in [-0.05, 0) is 29.3 Å². The summed E-state index contributed by atoms with van der Waals surface area (Å²) in [5.41, 5.74) is 1.99.